The molecule has 0 aromatic rings. The maximum Gasteiger partial charge on any atom is 0.246 e. The maximum absolute atomic E-state index is 11.7. The molecule has 0 bridgehead atoms. The molecule has 0 aliphatic rings. The molecule has 22 heavy (non-hydrogen) atoms. The van der Waals surface area contributed by atoms with Gasteiger partial charge in [0.05, 0.1) is 13.2 Å². The molecule has 0 aliphatic carbocycles. The number of ether oxygens (including phenoxy) is 2. The lowest BCUT2D eigenvalue weighted by atomic mass is 10.1. The van der Waals surface area contributed by atoms with E-state index in [2.05, 4.69) is 19.2 Å². The highest BCUT2D eigenvalue weighted by Gasteiger charge is 2.18. The summed E-state index contributed by atoms with van der Waals surface area (Å²) < 4.78 is 10.6. The van der Waals surface area contributed by atoms with Crippen molar-refractivity contribution < 1.29 is 19.1 Å². The van der Waals surface area contributed by atoms with Crippen molar-refractivity contribution in [2.45, 2.75) is 45.4 Å². The molecule has 0 aliphatic heterocycles. The number of rotatable bonds is 13. The smallest absolute Gasteiger partial charge is 0.246 e. The molecule has 0 unspecified atom stereocenters. The molecule has 0 rings (SSSR count). The highest BCUT2D eigenvalue weighted by molar-refractivity contribution is 7.99. The molecule has 0 saturated heterocycles. The van der Waals surface area contributed by atoms with Gasteiger partial charge < -0.3 is 20.5 Å². The van der Waals surface area contributed by atoms with Gasteiger partial charge in [0.15, 0.2) is 0 Å². The van der Waals surface area contributed by atoms with Gasteiger partial charge in [-0.3, -0.25) is 9.59 Å². The highest BCUT2D eigenvalue weighted by atomic mass is 32.2. The molecule has 0 fully saturated rings. The van der Waals surface area contributed by atoms with Crippen LogP contribution in [0.1, 0.15) is 34.1 Å². The molecule has 7 heteroatoms. The van der Waals surface area contributed by atoms with Crippen molar-refractivity contribution in [3.63, 3.8) is 0 Å². The predicted octanol–water partition coefficient (Wildman–Crippen LogP) is 1.18. The molecule has 0 heterocycles. The van der Waals surface area contributed by atoms with Crippen LogP contribution in [0.3, 0.4) is 0 Å². The van der Waals surface area contributed by atoms with Gasteiger partial charge in [-0.1, -0.05) is 27.7 Å². The molecule has 0 aromatic carbocycles. The van der Waals surface area contributed by atoms with Crippen molar-refractivity contribution in [3.8, 4) is 0 Å². The normalized spacial score (nSPS) is 12.6. The fourth-order valence-electron chi connectivity index (χ4n) is 1.42. The lowest BCUT2D eigenvalue weighted by Gasteiger charge is -2.16. The van der Waals surface area contributed by atoms with E-state index >= 15 is 0 Å². The highest BCUT2D eigenvalue weighted by Crippen LogP contribution is 2.10. The summed E-state index contributed by atoms with van der Waals surface area (Å²) in [7, 11) is 0. The average Bonchev–Trinajstić information content (AvgIpc) is 2.41. The summed E-state index contributed by atoms with van der Waals surface area (Å²) in [5, 5.41) is 2.96. The van der Waals surface area contributed by atoms with Crippen LogP contribution >= 0.6 is 11.8 Å². The maximum atomic E-state index is 11.7. The fraction of sp³-hybridized carbons (Fsp3) is 0.867. The van der Waals surface area contributed by atoms with E-state index in [1.54, 1.807) is 11.8 Å². The summed E-state index contributed by atoms with van der Waals surface area (Å²) in [6, 6.07) is -0.661. The first-order valence-corrected chi connectivity index (χ1v) is 8.73. The molecule has 0 spiro atoms. The number of hydrogen-bond acceptors (Lipinski definition) is 5. The zero-order chi connectivity index (χ0) is 17.0. The van der Waals surface area contributed by atoms with Gasteiger partial charge in [0.25, 0.3) is 0 Å². The van der Waals surface area contributed by atoms with Crippen LogP contribution in [0.5, 0.6) is 0 Å². The fourth-order valence-corrected chi connectivity index (χ4v) is 2.25. The number of thioether (sulfide) groups is 1. The van der Waals surface area contributed by atoms with Crippen LogP contribution < -0.4 is 11.1 Å². The standard InChI is InChI=1S/C15H30N2O4S/c1-11(2)5-6-20-7-8-21-9-14(18)17-13(15(16)19)10-22-12(3)4/h11-13H,5-10H2,1-4H3,(H2,16,19)(H,17,18)/t13-/m0/s1. The van der Waals surface area contributed by atoms with Crippen LogP contribution in [0.25, 0.3) is 0 Å². The first kappa shape index (κ1) is 21.2. The zero-order valence-corrected chi connectivity index (χ0v) is 14.9. The molecule has 0 aromatic heterocycles. The van der Waals surface area contributed by atoms with E-state index in [9.17, 15) is 9.59 Å². The SMILES string of the molecule is CC(C)CCOCCOCC(=O)N[C@@H](CSC(C)C)C(N)=O. The molecular formula is C15H30N2O4S. The van der Waals surface area contributed by atoms with Crippen LogP contribution in [0, 0.1) is 5.92 Å². The van der Waals surface area contributed by atoms with E-state index in [0.717, 1.165) is 6.42 Å². The zero-order valence-electron chi connectivity index (χ0n) is 14.1. The van der Waals surface area contributed by atoms with E-state index in [0.29, 0.717) is 36.7 Å². The Morgan fingerprint density at radius 2 is 1.73 bits per heavy atom. The number of nitrogens with two attached hydrogens (primary N) is 1. The van der Waals surface area contributed by atoms with Crippen molar-refractivity contribution in [2.24, 2.45) is 11.7 Å². The summed E-state index contributed by atoms with van der Waals surface area (Å²) in [5.74, 6) is 0.215. The molecule has 130 valence electrons. The van der Waals surface area contributed by atoms with E-state index in [1.165, 1.54) is 0 Å². The van der Waals surface area contributed by atoms with Crippen molar-refractivity contribution in [2.75, 3.05) is 32.2 Å². The van der Waals surface area contributed by atoms with Crippen LogP contribution in [0.2, 0.25) is 0 Å². The van der Waals surface area contributed by atoms with Crippen molar-refractivity contribution in [1.82, 2.24) is 5.32 Å². The summed E-state index contributed by atoms with van der Waals surface area (Å²) >= 11 is 1.57. The Labute approximate surface area is 137 Å². The lowest BCUT2D eigenvalue weighted by molar-refractivity contribution is -0.130. The molecule has 6 nitrogen and oxygen atoms in total. The first-order chi connectivity index (χ1) is 10.3. The Kier molecular flexibility index (Phi) is 12.3. The minimum atomic E-state index is -0.661. The molecule has 0 radical (unpaired) electrons. The Balaban J connectivity index is 3.75. The number of hydrogen-bond donors (Lipinski definition) is 2. The third-order valence-electron chi connectivity index (χ3n) is 2.72. The number of carbonyl (C=O) groups is 2. The minimum absolute atomic E-state index is 0.0936. The quantitative estimate of drug-likeness (QED) is 0.494. The summed E-state index contributed by atoms with van der Waals surface area (Å²) in [6.07, 6.45) is 1.01. The Hall–Kier alpha value is -0.790. The van der Waals surface area contributed by atoms with Gasteiger partial charge in [-0.15, -0.1) is 0 Å². The van der Waals surface area contributed by atoms with Gasteiger partial charge in [-0.2, -0.15) is 11.8 Å². The van der Waals surface area contributed by atoms with E-state index in [-0.39, 0.29) is 12.5 Å². The van der Waals surface area contributed by atoms with Crippen LogP contribution in [-0.2, 0) is 19.1 Å². The van der Waals surface area contributed by atoms with E-state index in [1.807, 2.05) is 13.8 Å². The largest absolute Gasteiger partial charge is 0.379 e. The third-order valence-corrected chi connectivity index (χ3v) is 3.91. The van der Waals surface area contributed by atoms with Crippen molar-refractivity contribution >= 4 is 23.6 Å². The molecule has 1 atom stereocenters. The van der Waals surface area contributed by atoms with Crippen LogP contribution in [-0.4, -0.2) is 55.3 Å². The lowest BCUT2D eigenvalue weighted by Crippen LogP contribution is -2.47. The second-order valence-electron chi connectivity index (χ2n) is 5.75. The first-order valence-electron chi connectivity index (χ1n) is 7.68. The van der Waals surface area contributed by atoms with Crippen LogP contribution in [0.15, 0.2) is 0 Å². The summed E-state index contributed by atoms with van der Waals surface area (Å²) in [6.45, 7) is 9.73. The number of carbonyl (C=O) groups excluding carboxylic acids is 2. The minimum Gasteiger partial charge on any atom is -0.379 e. The summed E-state index contributed by atoms with van der Waals surface area (Å²) in [5.41, 5.74) is 5.28. The van der Waals surface area contributed by atoms with Crippen molar-refractivity contribution in [1.29, 1.82) is 0 Å². The monoisotopic (exact) mass is 334 g/mol. The van der Waals surface area contributed by atoms with Gasteiger partial charge in [-0.25, -0.2) is 0 Å². The second kappa shape index (κ2) is 12.7. The number of nitrogens with one attached hydrogen (secondary N) is 1. The number of primary amides is 1. The van der Waals surface area contributed by atoms with Crippen LogP contribution in [0.4, 0.5) is 0 Å². The second-order valence-corrected chi connectivity index (χ2v) is 7.36. The molecule has 2 amide bonds. The molecule has 3 N–H and O–H groups in total. The van der Waals surface area contributed by atoms with Gasteiger partial charge in [0.1, 0.15) is 12.6 Å². The molecular weight excluding hydrogens is 304 g/mol. The number of amides is 2. The Bertz CT molecular complexity index is 325. The van der Waals surface area contributed by atoms with E-state index in [4.69, 9.17) is 15.2 Å². The Morgan fingerprint density at radius 1 is 1.09 bits per heavy atom. The Morgan fingerprint density at radius 3 is 2.27 bits per heavy atom. The third kappa shape index (κ3) is 12.9. The topological polar surface area (TPSA) is 90.7 Å². The van der Waals surface area contributed by atoms with Gasteiger partial charge in [0.2, 0.25) is 11.8 Å². The van der Waals surface area contributed by atoms with Crippen molar-refractivity contribution in [3.05, 3.63) is 0 Å². The van der Waals surface area contributed by atoms with Gasteiger partial charge in [0, 0.05) is 12.4 Å². The van der Waals surface area contributed by atoms with Gasteiger partial charge >= 0.3 is 0 Å². The summed E-state index contributed by atoms with van der Waals surface area (Å²) in [4.78, 5) is 23.0. The van der Waals surface area contributed by atoms with Gasteiger partial charge in [-0.05, 0) is 17.6 Å². The van der Waals surface area contributed by atoms with E-state index < -0.39 is 11.9 Å². The predicted molar refractivity (Wildman–Crippen MR) is 89.8 cm³/mol. The average molecular weight is 334 g/mol. The molecule has 0 saturated carbocycles.